The van der Waals surface area contributed by atoms with Crippen LogP contribution in [0.4, 0.5) is 5.82 Å². The van der Waals surface area contributed by atoms with Gasteiger partial charge in [-0.15, -0.1) is 0 Å². The van der Waals surface area contributed by atoms with Crippen molar-refractivity contribution in [2.75, 3.05) is 18.4 Å². The van der Waals surface area contributed by atoms with Gasteiger partial charge in [-0.25, -0.2) is 13.4 Å². The number of hydrogen-bond acceptors (Lipinski definition) is 4. The molecule has 2 fully saturated rings. The van der Waals surface area contributed by atoms with Gasteiger partial charge in [0.1, 0.15) is 5.82 Å². The monoisotopic (exact) mass is 373 g/mol. The van der Waals surface area contributed by atoms with Crippen molar-refractivity contribution in [2.24, 2.45) is 0 Å². The standard InChI is InChI=1S/C20H27N3O2S/c24-26(25,23-13-5-2-6-14-23)18-10-11-19-16(15-18)9-12-20(22-19)21-17-7-3-1-4-8-17/h9-12,15,17H,1-8,13-14H2,(H,21,22). The second kappa shape index (κ2) is 7.53. The predicted octanol–water partition coefficient (Wildman–Crippen LogP) is 4.15. The molecule has 2 heterocycles. The third-order valence-electron chi connectivity index (χ3n) is 5.57. The van der Waals surface area contributed by atoms with Crippen LogP contribution in [0.15, 0.2) is 35.2 Å². The molecule has 1 aromatic heterocycles. The molecule has 2 aromatic rings. The average Bonchev–Trinajstić information content (AvgIpc) is 2.69. The van der Waals surface area contributed by atoms with Crippen molar-refractivity contribution in [3.05, 3.63) is 30.3 Å². The molecular weight excluding hydrogens is 346 g/mol. The molecule has 0 atom stereocenters. The maximum Gasteiger partial charge on any atom is 0.243 e. The quantitative estimate of drug-likeness (QED) is 0.874. The highest BCUT2D eigenvalue weighted by molar-refractivity contribution is 7.89. The molecule has 1 aromatic carbocycles. The number of anilines is 1. The summed E-state index contributed by atoms with van der Waals surface area (Å²) in [5, 5.41) is 4.40. The Balaban J connectivity index is 1.56. The van der Waals surface area contributed by atoms with Crippen molar-refractivity contribution in [3.8, 4) is 0 Å². The fourth-order valence-corrected chi connectivity index (χ4v) is 5.61. The van der Waals surface area contributed by atoms with Crippen molar-refractivity contribution < 1.29 is 8.42 Å². The van der Waals surface area contributed by atoms with Crippen molar-refractivity contribution in [3.63, 3.8) is 0 Å². The maximum atomic E-state index is 12.9. The van der Waals surface area contributed by atoms with Gasteiger partial charge < -0.3 is 5.32 Å². The van der Waals surface area contributed by atoms with Gasteiger partial charge in [0.2, 0.25) is 10.0 Å². The fourth-order valence-electron chi connectivity index (χ4n) is 4.05. The summed E-state index contributed by atoms with van der Waals surface area (Å²) in [6, 6.07) is 9.74. The first-order valence-corrected chi connectivity index (χ1v) is 11.2. The van der Waals surface area contributed by atoms with Crippen LogP contribution in [0.2, 0.25) is 0 Å². The molecule has 1 N–H and O–H groups in total. The van der Waals surface area contributed by atoms with Gasteiger partial charge in [0.25, 0.3) is 0 Å². The fraction of sp³-hybridized carbons (Fsp3) is 0.550. The van der Waals surface area contributed by atoms with Gasteiger partial charge in [-0.2, -0.15) is 4.31 Å². The van der Waals surface area contributed by atoms with E-state index in [0.717, 1.165) is 36.0 Å². The summed E-state index contributed by atoms with van der Waals surface area (Å²) in [4.78, 5) is 5.06. The average molecular weight is 374 g/mol. The molecule has 6 heteroatoms. The first-order chi connectivity index (χ1) is 12.6. The van der Waals surface area contributed by atoms with Crippen molar-refractivity contribution in [1.29, 1.82) is 0 Å². The number of benzene rings is 1. The summed E-state index contributed by atoms with van der Waals surface area (Å²) in [7, 11) is -3.40. The Morgan fingerprint density at radius 1 is 0.923 bits per heavy atom. The van der Waals surface area contributed by atoms with E-state index in [2.05, 4.69) is 10.3 Å². The van der Waals surface area contributed by atoms with Gasteiger partial charge in [0.15, 0.2) is 0 Å². The first kappa shape index (κ1) is 17.7. The highest BCUT2D eigenvalue weighted by Crippen LogP contribution is 2.26. The topological polar surface area (TPSA) is 62.3 Å². The summed E-state index contributed by atoms with van der Waals surface area (Å²) in [6.45, 7) is 1.26. The normalized spacial score (nSPS) is 20.3. The molecule has 1 saturated heterocycles. The predicted molar refractivity (Wildman–Crippen MR) is 105 cm³/mol. The van der Waals surface area contributed by atoms with Gasteiger partial charge >= 0.3 is 0 Å². The molecule has 0 radical (unpaired) electrons. The lowest BCUT2D eigenvalue weighted by Gasteiger charge is -2.26. The molecule has 1 aliphatic heterocycles. The number of aromatic nitrogens is 1. The van der Waals surface area contributed by atoms with Crippen LogP contribution in [0.3, 0.4) is 0 Å². The van der Waals surface area contributed by atoms with E-state index in [9.17, 15) is 8.42 Å². The van der Waals surface area contributed by atoms with E-state index in [0.29, 0.717) is 24.0 Å². The molecule has 4 rings (SSSR count). The number of rotatable bonds is 4. The molecule has 1 saturated carbocycles. The number of hydrogen-bond donors (Lipinski definition) is 1. The van der Waals surface area contributed by atoms with E-state index in [1.807, 2.05) is 18.2 Å². The van der Waals surface area contributed by atoms with Crippen LogP contribution in [-0.4, -0.2) is 36.8 Å². The van der Waals surface area contributed by atoms with Gasteiger partial charge in [-0.3, -0.25) is 0 Å². The molecule has 26 heavy (non-hydrogen) atoms. The minimum absolute atomic E-state index is 0.377. The van der Waals surface area contributed by atoms with Crippen LogP contribution in [0.5, 0.6) is 0 Å². The van der Waals surface area contributed by atoms with E-state index in [4.69, 9.17) is 0 Å². The van der Waals surface area contributed by atoms with Crippen LogP contribution in [-0.2, 0) is 10.0 Å². The molecular formula is C20H27N3O2S. The molecule has 140 valence electrons. The van der Waals surface area contributed by atoms with Crippen molar-refractivity contribution in [2.45, 2.75) is 62.3 Å². The molecule has 0 unspecified atom stereocenters. The summed E-state index contributed by atoms with van der Waals surface area (Å²) in [5.74, 6) is 0.885. The minimum atomic E-state index is -3.40. The van der Waals surface area contributed by atoms with E-state index >= 15 is 0 Å². The Kier molecular flexibility index (Phi) is 5.14. The van der Waals surface area contributed by atoms with Gasteiger partial charge in [-0.05, 0) is 56.0 Å². The maximum absolute atomic E-state index is 12.9. The van der Waals surface area contributed by atoms with Crippen LogP contribution in [0.25, 0.3) is 10.9 Å². The van der Waals surface area contributed by atoms with E-state index in [-0.39, 0.29) is 0 Å². The van der Waals surface area contributed by atoms with Gasteiger partial charge in [0.05, 0.1) is 10.4 Å². The number of nitrogens with zero attached hydrogens (tertiary/aromatic N) is 2. The Bertz CT molecular complexity index is 870. The minimum Gasteiger partial charge on any atom is -0.367 e. The Hall–Kier alpha value is -1.66. The number of nitrogens with one attached hydrogen (secondary N) is 1. The molecule has 0 amide bonds. The lowest BCUT2D eigenvalue weighted by Crippen LogP contribution is -2.35. The molecule has 5 nitrogen and oxygen atoms in total. The second-order valence-electron chi connectivity index (χ2n) is 7.50. The van der Waals surface area contributed by atoms with E-state index in [1.54, 1.807) is 16.4 Å². The summed E-state index contributed by atoms with van der Waals surface area (Å²) < 4.78 is 27.3. The van der Waals surface area contributed by atoms with E-state index in [1.165, 1.54) is 32.1 Å². The van der Waals surface area contributed by atoms with Gasteiger partial charge in [0, 0.05) is 24.5 Å². The molecule has 0 spiro atoms. The Morgan fingerprint density at radius 2 is 1.65 bits per heavy atom. The highest BCUT2D eigenvalue weighted by atomic mass is 32.2. The largest absolute Gasteiger partial charge is 0.367 e. The zero-order valence-corrected chi connectivity index (χ0v) is 16.0. The Labute approximate surface area is 155 Å². The smallest absolute Gasteiger partial charge is 0.243 e. The highest BCUT2D eigenvalue weighted by Gasteiger charge is 2.26. The third kappa shape index (κ3) is 3.71. The summed E-state index contributed by atoms with van der Waals surface area (Å²) in [6.07, 6.45) is 9.31. The number of sulfonamides is 1. The van der Waals surface area contributed by atoms with Crippen molar-refractivity contribution >= 4 is 26.7 Å². The lowest BCUT2D eigenvalue weighted by atomic mass is 9.95. The van der Waals surface area contributed by atoms with Crippen LogP contribution < -0.4 is 5.32 Å². The lowest BCUT2D eigenvalue weighted by molar-refractivity contribution is 0.346. The summed E-state index contributed by atoms with van der Waals surface area (Å²) >= 11 is 0. The SMILES string of the molecule is O=S(=O)(c1ccc2nc(NC3CCCCC3)ccc2c1)N1CCCCC1. The first-order valence-electron chi connectivity index (χ1n) is 9.80. The Morgan fingerprint density at radius 3 is 2.42 bits per heavy atom. The van der Waals surface area contributed by atoms with Crippen molar-refractivity contribution in [1.82, 2.24) is 9.29 Å². The number of fused-ring (bicyclic) bond motifs is 1. The van der Waals surface area contributed by atoms with Crippen LogP contribution in [0.1, 0.15) is 51.4 Å². The molecule has 2 aliphatic rings. The number of pyridine rings is 1. The third-order valence-corrected chi connectivity index (χ3v) is 7.47. The second-order valence-corrected chi connectivity index (χ2v) is 9.43. The van der Waals surface area contributed by atoms with Crippen LogP contribution in [0, 0.1) is 0 Å². The van der Waals surface area contributed by atoms with Gasteiger partial charge in [-0.1, -0.05) is 25.7 Å². The summed E-state index contributed by atoms with van der Waals surface area (Å²) in [5.41, 5.74) is 0.836. The molecule has 0 bridgehead atoms. The zero-order valence-electron chi connectivity index (χ0n) is 15.2. The molecule has 1 aliphatic carbocycles. The number of piperidine rings is 1. The van der Waals surface area contributed by atoms with E-state index < -0.39 is 10.0 Å². The van der Waals surface area contributed by atoms with Crippen LogP contribution >= 0.6 is 0 Å². The zero-order chi connectivity index (χ0) is 18.0.